The summed E-state index contributed by atoms with van der Waals surface area (Å²) < 4.78 is 2.83. The van der Waals surface area contributed by atoms with Crippen molar-refractivity contribution < 1.29 is 0 Å². The van der Waals surface area contributed by atoms with E-state index in [2.05, 4.69) is 37.3 Å². The topological polar surface area (TPSA) is 3.24 Å². The number of nitrogens with zero attached hydrogens (tertiary/aromatic N) is 1. The van der Waals surface area contributed by atoms with Gasteiger partial charge in [0.25, 0.3) is 0 Å². The maximum atomic E-state index is 2.83. The molecule has 1 saturated heterocycles. The molecule has 10 heavy (non-hydrogen) atoms. The lowest BCUT2D eigenvalue weighted by molar-refractivity contribution is 0.496. The smallest absolute Gasteiger partial charge is 0.119 e. The molecule has 0 aromatic carbocycles. The molecule has 1 fully saturated rings. The fourth-order valence-electron chi connectivity index (χ4n) is 1.80. The summed E-state index contributed by atoms with van der Waals surface area (Å²) in [6.07, 6.45) is 0. The van der Waals surface area contributed by atoms with Crippen LogP contribution in [0.25, 0.3) is 0 Å². The van der Waals surface area contributed by atoms with Crippen LogP contribution in [0.1, 0.15) is 6.92 Å². The number of rotatable bonds is 1. The zero-order valence-electron chi connectivity index (χ0n) is 7.81. The molecule has 1 unspecified atom stereocenters. The van der Waals surface area contributed by atoms with Crippen LogP contribution in [0.4, 0.5) is 0 Å². The van der Waals surface area contributed by atoms with Gasteiger partial charge in [-0.25, -0.2) is 0 Å². The molecule has 1 nitrogen and oxygen atoms in total. The van der Waals surface area contributed by atoms with Crippen LogP contribution in [0, 0.1) is 0 Å². The summed E-state index contributed by atoms with van der Waals surface area (Å²) in [5, 5.41) is 0. The second kappa shape index (κ2) is 2.46. The van der Waals surface area contributed by atoms with Gasteiger partial charge in [-0.1, -0.05) is 33.1 Å². The lowest BCUT2D eigenvalue weighted by atomic mass is 10.5. The summed E-state index contributed by atoms with van der Waals surface area (Å²) in [6.45, 7) is 13.7. The van der Waals surface area contributed by atoms with E-state index in [0.717, 1.165) is 5.54 Å². The average molecular weight is 173 g/mol. The molecule has 0 aliphatic carbocycles. The Balaban J connectivity index is 2.55. The third-order valence-electron chi connectivity index (χ3n) is 3.04. The van der Waals surface area contributed by atoms with Crippen LogP contribution in [0.15, 0.2) is 0 Å². The maximum absolute atomic E-state index is 2.83. The minimum absolute atomic E-state index is 0.446. The first kappa shape index (κ1) is 8.49. The first-order valence-corrected chi connectivity index (χ1v) is 10.1. The van der Waals surface area contributed by atoms with Crippen LogP contribution in [0.2, 0.25) is 31.7 Å². The second-order valence-electron chi connectivity index (χ2n) is 4.30. The zero-order chi connectivity index (χ0) is 7.94. The van der Waals surface area contributed by atoms with Gasteiger partial charge in [0.15, 0.2) is 0 Å². The van der Waals surface area contributed by atoms with Crippen molar-refractivity contribution in [1.82, 2.24) is 4.23 Å². The van der Waals surface area contributed by atoms with Gasteiger partial charge in [0, 0.05) is 0 Å². The van der Waals surface area contributed by atoms with E-state index in [1.807, 2.05) is 0 Å². The molecule has 0 N–H and O–H groups in total. The summed E-state index contributed by atoms with van der Waals surface area (Å²) in [5.41, 5.74) is 1.04. The zero-order valence-corrected chi connectivity index (χ0v) is 9.96. The molecule has 1 rings (SSSR count). The molecule has 0 radical (unpaired) electrons. The average Bonchev–Trinajstić information content (AvgIpc) is 1.82. The molecule has 1 aliphatic heterocycles. The van der Waals surface area contributed by atoms with Gasteiger partial charge in [0.05, 0.1) is 8.96 Å². The summed E-state index contributed by atoms with van der Waals surface area (Å²) in [4.78, 5) is 0. The summed E-state index contributed by atoms with van der Waals surface area (Å²) in [6, 6.07) is 0. The van der Waals surface area contributed by atoms with Crippen molar-refractivity contribution in [3.63, 3.8) is 0 Å². The van der Waals surface area contributed by atoms with Crippen LogP contribution in [-0.2, 0) is 0 Å². The lowest BCUT2D eigenvalue weighted by Gasteiger charge is -2.55. The Morgan fingerprint density at radius 2 is 1.90 bits per heavy atom. The first-order valence-electron chi connectivity index (χ1n) is 4.23. The van der Waals surface area contributed by atoms with Gasteiger partial charge in [-0.15, -0.1) is 0 Å². The van der Waals surface area contributed by atoms with E-state index < -0.39 is 17.2 Å². The Morgan fingerprint density at radius 3 is 2.00 bits per heavy atom. The Hall–Kier alpha value is 0.394. The van der Waals surface area contributed by atoms with Gasteiger partial charge in [-0.3, -0.25) is 0 Å². The second-order valence-corrected chi connectivity index (χ2v) is 12.5. The molecule has 1 atom stereocenters. The van der Waals surface area contributed by atoms with Crippen LogP contribution >= 0.6 is 0 Å². The van der Waals surface area contributed by atoms with E-state index in [1.54, 1.807) is 0 Å². The van der Waals surface area contributed by atoms with Crippen LogP contribution < -0.4 is 0 Å². The van der Waals surface area contributed by atoms with E-state index in [0.29, 0.717) is 0 Å². The standard InChI is InChI=1S/C7H19NSi2/c1-7-6-8(9(2)3)10(7,4)5/h7,9H,6H2,1-5H3. The SMILES string of the molecule is CC1CN([SiH](C)C)[Si]1(C)C. The first-order chi connectivity index (χ1) is 4.46. The van der Waals surface area contributed by atoms with Gasteiger partial charge in [0.1, 0.15) is 8.24 Å². The van der Waals surface area contributed by atoms with Crippen molar-refractivity contribution in [2.45, 2.75) is 38.7 Å². The van der Waals surface area contributed by atoms with E-state index in [-0.39, 0.29) is 0 Å². The van der Waals surface area contributed by atoms with Crippen molar-refractivity contribution in [2.24, 2.45) is 0 Å². The van der Waals surface area contributed by atoms with E-state index >= 15 is 0 Å². The molecule has 0 spiro atoms. The molecular formula is C7H19NSi2. The predicted molar refractivity (Wildman–Crippen MR) is 52.5 cm³/mol. The molecule has 60 valence electrons. The quantitative estimate of drug-likeness (QED) is 0.547. The van der Waals surface area contributed by atoms with E-state index in [4.69, 9.17) is 0 Å². The Bertz CT molecular complexity index is 134. The molecule has 3 heteroatoms. The van der Waals surface area contributed by atoms with Gasteiger partial charge in [0.2, 0.25) is 0 Å². The molecular weight excluding hydrogens is 154 g/mol. The van der Waals surface area contributed by atoms with Gasteiger partial charge < -0.3 is 4.23 Å². The van der Waals surface area contributed by atoms with Crippen molar-refractivity contribution >= 4 is 17.2 Å². The number of hydrogen-bond acceptors (Lipinski definition) is 1. The Labute approximate surface area is 67.2 Å². The van der Waals surface area contributed by atoms with Gasteiger partial charge >= 0.3 is 0 Å². The lowest BCUT2D eigenvalue weighted by Crippen LogP contribution is -2.67. The minimum atomic E-state index is -0.851. The largest absolute Gasteiger partial charge is 0.348 e. The monoisotopic (exact) mass is 173 g/mol. The van der Waals surface area contributed by atoms with Crippen molar-refractivity contribution in [3.05, 3.63) is 0 Å². The fourth-order valence-corrected chi connectivity index (χ4v) is 10.5. The maximum Gasteiger partial charge on any atom is 0.119 e. The number of hydrogen-bond donors (Lipinski definition) is 0. The summed E-state index contributed by atoms with van der Waals surface area (Å²) in [5.74, 6) is 0. The van der Waals surface area contributed by atoms with Gasteiger partial charge in [-0.2, -0.15) is 0 Å². The molecule has 0 aromatic rings. The van der Waals surface area contributed by atoms with Crippen LogP contribution in [0.3, 0.4) is 0 Å². The van der Waals surface area contributed by atoms with Gasteiger partial charge in [-0.05, 0) is 12.1 Å². The predicted octanol–water partition coefficient (Wildman–Crippen LogP) is 1.88. The third-order valence-corrected chi connectivity index (χ3v) is 12.3. The molecule has 0 aromatic heterocycles. The summed E-state index contributed by atoms with van der Waals surface area (Å²) in [7, 11) is -1.30. The summed E-state index contributed by atoms with van der Waals surface area (Å²) >= 11 is 0. The van der Waals surface area contributed by atoms with E-state index in [1.165, 1.54) is 6.54 Å². The van der Waals surface area contributed by atoms with E-state index in [9.17, 15) is 0 Å². The molecule has 1 aliphatic rings. The van der Waals surface area contributed by atoms with Crippen molar-refractivity contribution in [2.75, 3.05) is 6.54 Å². The van der Waals surface area contributed by atoms with Crippen molar-refractivity contribution in [3.8, 4) is 0 Å². The molecule has 0 amide bonds. The molecule has 1 heterocycles. The fraction of sp³-hybridized carbons (Fsp3) is 1.00. The molecule has 0 bridgehead atoms. The highest BCUT2D eigenvalue weighted by Gasteiger charge is 2.46. The Morgan fingerprint density at radius 1 is 1.40 bits per heavy atom. The van der Waals surface area contributed by atoms with Crippen molar-refractivity contribution in [1.29, 1.82) is 0 Å². The Kier molecular flexibility index (Phi) is 2.09. The van der Waals surface area contributed by atoms with Crippen LogP contribution in [-0.4, -0.2) is 28.0 Å². The normalized spacial score (nSPS) is 32.4. The molecule has 0 saturated carbocycles. The highest BCUT2D eigenvalue weighted by atomic mass is 28.4. The minimum Gasteiger partial charge on any atom is -0.348 e. The third kappa shape index (κ3) is 1.10. The highest BCUT2D eigenvalue weighted by Crippen LogP contribution is 2.36. The van der Waals surface area contributed by atoms with Crippen LogP contribution in [0.5, 0.6) is 0 Å². The highest BCUT2D eigenvalue weighted by molar-refractivity contribution is 6.87.